The minimum atomic E-state index is -0.502. The van der Waals surface area contributed by atoms with E-state index in [0.717, 1.165) is 0 Å². The van der Waals surface area contributed by atoms with Gasteiger partial charge in [0.05, 0.1) is 0 Å². The lowest BCUT2D eigenvalue weighted by Crippen LogP contribution is -2.13. The van der Waals surface area contributed by atoms with Crippen molar-refractivity contribution in [1.29, 1.82) is 0 Å². The highest BCUT2D eigenvalue weighted by Crippen LogP contribution is 2.24. The zero-order valence-corrected chi connectivity index (χ0v) is 8.48. The van der Waals surface area contributed by atoms with E-state index in [1.807, 2.05) is 6.92 Å². The largest absolute Gasteiger partial charge is 0.330 e. The Morgan fingerprint density at radius 3 is 2.50 bits per heavy atom. The molecule has 0 amide bonds. The number of benzene rings is 1. The first kappa shape index (κ1) is 11.1. The van der Waals surface area contributed by atoms with E-state index in [1.54, 1.807) is 6.92 Å². The highest BCUT2D eigenvalue weighted by atomic mass is 19.1. The van der Waals surface area contributed by atoms with Gasteiger partial charge in [0.15, 0.2) is 0 Å². The van der Waals surface area contributed by atoms with Gasteiger partial charge in [0, 0.05) is 5.56 Å². The number of nitrogens with two attached hydrogens (primary N) is 1. The van der Waals surface area contributed by atoms with E-state index in [1.165, 1.54) is 12.1 Å². The summed E-state index contributed by atoms with van der Waals surface area (Å²) >= 11 is 0. The van der Waals surface area contributed by atoms with Gasteiger partial charge >= 0.3 is 0 Å². The molecule has 0 radical (unpaired) electrons. The Morgan fingerprint density at radius 2 is 2.00 bits per heavy atom. The topological polar surface area (TPSA) is 26.0 Å². The van der Waals surface area contributed by atoms with Crippen LogP contribution in [-0.4, -0.2) is 6.54 Å². The van der Waals surface area contributed by atoms with E-state index in [-0.39, 0.29) is 18.0 Å². The van der Waals surface area contributed by atoms with E-state index < -0.39 is 11.6 Å². The van der Waals surface area contributed by atoms with Crippen molar-refractivity contribution >= 4 is 0 Å². The summed E-state index contributed by atoms with van der Waals surface area (Å²) in [6, 6.07) is 2.79. The molecule has 78 valence electrons. The number of hydrogen-bond donors (Lipinski definition) is 1. The smallest absolute Gasteiger partial charge is 0.132 e. The molecule has 0 bridgehead atoms. The number of hydrogen-bond acceptors (Lipinski definition) is 1. The second kappa shape index (κ2) is 4.51. The Labute approximate surface area is 82.9 Å². The zero-order chi connectivity index (χ0) is 10.7. The summed E-state index contributed by atoms with van der Waals surface area (Å²) in [5, 5.41) is 0. The minimum absolute atomic E-state index is 0.117. The van der Waals surface area contributed by atoms with Gasteiger partial charge in [0.2, 0.25) is 0 Å². The van der Waals surface area contributed by atoms with Crippen molar-refractivity contribution in [2.75, 3.05) is 6.54 Å². The lowest BCUT2D eigenvalue weighted by Gasteiger charge is -2.13. The Bertz CT molecular complexity index is 323. The fourth-order valence-electron chi connectivity index (χ4n) is 1.46. The van der Waals surface area contributed by atoms with Crippen LogP contribution in [0.2, 0.25) is 0 Å². The lowest BCUT2D eigenvalue weighted by molar-refractivity contribution is 0.526. The highest BCUT2D eigenvalue weighted by Gasteiger charge is 2.17. The van der Waals surface area contributed by atoms with Gasteiger partial charge in [0.1, 0.15) is 11.6 Å². The molecule has 0 heterocycles. The molecule has 0 spiro atoms. The van der Waals surface area contributed by atoms with Crippen LogP contribution in [-0.2, 0) is 6.42 Å². The van der Waals surface area contributed by atoms with Gasteiger partial charge in [0.25, 0.3) is 0 Å². The van der Waals surface area contributed by atoms with Gasteiger partial charge in [-0.15, -0.1) is 0 Å². The van der Waals surface area contributed by atoms with Crippen LogP contribution in [0.3, 0.4) is 0 Å². The van der Waals surface area contributed by atoms with Crippen molar-refractivity contribution in [3.8, 4) is 0 Å². The van der Waals surface area contributed by atoms with E-state index >= 15 is 0 Å². The third kappa shape index (κ3) is 1.93. The summed E-state index contributed by atoms with van der Waals surface area (Å²) in [6.45, 7) is 3.81. The van der Waals surface area contributed by atoms with Gasteiger partial charge in [-0.3, -0.25) is 0 Å². The average Bonchev–Trinajstić information content (AvgIpc) is 2.18. The number of aryl methyl sites for hydroxylation is 1. The van der Waals surface area contributed by atoms with E-state index in [0.29, 0.717) is 12.0 Å². The second-order valence-corrected chi connectivity index (χ2v) is 3.42. The molecule has 14 heavy (non-hydrogen) atoms. The second-order valence-electron chi connectivity index (χ2n) is 3.42. The van der Waals surface area contributed by atoms with Gasteiger partial charge in [-0.25, -0.2) is 8.78 Å². The van der Waals surface area contributed by atoms with Crippen molar-refractivity contribution in [1.82, 2.24) is 0 Å². The average molecular weight is 199 g/mol. The molecular formula is C11H15F2N. The number of halogens is 2. The lowest BCUT2D eigenvalue weighted by atomic mass is 9.97. The van der Waals surface area contributed by atoms with Crippen LogP contribution in [0.5, 0.6) is 0 Å². The Hall–Kier alpha value is -0.960. The normalized spacial score (nSPS) is 12.9. The maximum absolute atomic E-state index is 13.7. The molecule has 0 aromatic heterocycles. The highest BCUT2D eigenvalue weighted by molar-refractivity contribution is 5.30. The van der Waals surface area contributed by atoms with Crippen molar-refractivity contribution in [3.63, 3.8) is 0 Å². The summed E-state index contributed by atoms with van der Waals surface area (Å²) in [5.41, 5.74) is 6.06. The van der Waals surface area contributed by atoms with E-state index in [9.17, 15) is 8.78 Å². The van der Waals surface area contributed by atoms with Gasteiger partial charge in [-0.05, 0) is 30.5 Å². The van der Waals surface area contributed by atoms with Crippen LogP contribution in [0.25, 0.3) is 0 Å². The first-order valence-corrected chi connectivity index (χ1v) is 4.78. The molecular weight excluding hydrogens is 184 g/mol. The van der Waals surface area contributed by atoms with Crippen molar-refractivity contribution in [3.05, 3.63) is 34.9 Å². The van der Waals surface area contributed by atoms with Crippen LogP contribution >= 0.6 is 0 Å². The standard InChI is InChI=1S/C11H15F2N/c1-3-8-4-5-9(12)10(11(8)13)7(2)6-14/h4-5,7H,3,6,14H2,1-2H3. The fraction of sp³-hybridized carbons (Fsp3) is 0.455. The summed E-state index contributed by atoms with van der Waals surface area (Å²) in [4.78, 5) is 0. The molecule has 0 aliphatic heterocycles. The molecule has 1 aromatic carbocycles. The molecule has 0 fully saturated rings. The maximum Gasteiger partial charge on any atom is 0.132 e. The number of rotatable bonds is 3. The Balaban J connectivity index is 3.25. The third-order valence-corrected chi connectivity index (χ3v) is 2.43. The Kier molecular flexibility index (Phi) is 3.58. The van der Waals surface area contributed by atoms with Crippen LogP contribution in [0, 0.1) is 11.6 Å². The SMILES string of the molecule is CCc1ccc(F)c(C(C)CN)c1F. The maximum atomic E-state index is 13.7. The van der Waals surface area contributed by atoms with Crippen molar-refractivity contribution in [2.24, 2.45) is 5.73 Å². The molecule has 3 heteroatoms. The predicted molar refractivity (Wildman–Crippen MR) is 53.2 cm³/mol. The predicted octanol–water partition coefficient (Wildman–Crippen LogP) is 2.59. The molecule has 1 atom stereocenters. The molecule has 1 rings (SSSR count). The molecule has 2 N–H and O–H groups in total. The van der Waals surface area contributed by atoms with Gasteiger partial charge < -0.3 is 5.73 Å². The van der Waals surface area contributed by atoms with Crippen molar-refractivity contribution in [2.45, 2.75) is 26.2 Å². The molecule has 0 saturated heterocycles. The van der Waals surface area contributed by atoms with E-state index in [2.05, 4.69) is 0 Å². The summed E-state index contributed by atoms with van der Waals surface area (Å²) in [7, 11) is 0. The minimum Gasteiger partial charge on any atom is -0.330 e. The van der Waals surface area contributed by atoms with Crippen molar-refractivity contribution < 1.29 is 8.78 Å². The summed E-state index contributed by atoms with van der Waals surface area (Å²) in [5.74, 6) is -1.22. The van der Waals surface area contributed by atoms with Gasteiger partial charge in [-0.1, -0.05) is 19.9 Å². The first-order valence-electron chi connectivity index (χ1n) is 4.78. The monoisotopic (exact) mass is 199 g/mol. The first-order chi connectivity index (χ1) is 6.61. The quantitative estimate of drug-likeness (QED) is 0.795. The fourth-order valence-corrected chi connectivity index (χ4v) is 1.46. The molecule has 1 aromatic rings. The van der Waals surface area contributed by atoms with Crippen LogP contribution in [0.4, 0.5) is 8.78 Å². The summed E-state index contributed by atoms with van der Waals surface area (Å²) < 4.78 is 27.0. The van der Waals surface area contributed by atoms with Gasteiger partial charge in [-0.2, -0.15) is 0 Å². The Morgan fingerprint density at radius 1 is 1.36 bits per heavy atom. The third-order valence-electron chi connectivity index (χ3n) is 2.43. The summed E-state index contributed by atoms with van der Waals surface area (Å²) in [6.07, 6.45) is 0.566. The van der Waals surface area contributed by atoms with E-state index in [4.69, 9.17) is 5.73 Å². The zero-order valence-electron chi connectivity index (χ0n) is 8.48. The van der Waals surface area contributed by atoms with Crippen LogP contribution < -0.4 is 5.73 Å². The molecule has 1 nitrogen and oxygen atoms in total. The molecule has 0 aliphatic rings. The molecule has 1 unspecified atom stereocenters. The molecule has 0 aliphatic carbocycles. The van der Waals surface area contributed by atoms with Crippen LogP contribution in [0.1, 0.15) is 30.9 Å². The molecule has 0 saturated carbocycles. The van der Waals surface area contributed by atoms with Crippen LogP contribution in [0.15, 0.2) is 12.1 Å².